The number of hydrogen-bond acceptors (Lipinski definition) is 7. The topological polar surface area (TPSA) is 104 Å². The van der Waals surface area contributed by atoms with E-state index in [1.54, 1.807) is 24.8 Å². The van der Waals surface area contributed by atoms with Crippen LogP contribution in [0.1, 0.15) is 5.56 Å². The standard InChI is InChI=1S/C21H23N5O3S/c1-26-12-24-18-19(26)20-15(25-21(18)22)9-16(30-20)14-5-3-4-13(8-14)10-23-17(27)11-29-7-6-28-2/h3-5,8-9,12H,6-7,10-11H2,1-2H3,(H2,22,25)(H,23,27). The first kappa shape index (κ1) is 20.3. The summed E-state index contributed by atoms with van der Waals surface area (Å²) in [7, 11) is 3.55. The van der Waals surface area contributed by atoms with Gasteiger partial charge in [0.2, 0.25) is 5.91 Å². The van der Waals surface area contributed by atoms with Gasteiger partial charge < -0.3 is 25.1 Å². The second kappa shape index (κ2) is 8.78. The van der Waals surface area contributed by atoms with Crippen molar-refractivity contribution in [2.75, 3.05) is 32.7 Å². The molecule has 4 rings (SSSR count). The molecule has 3 aromatic heterocycles. The van der Waals surface area contributed by atoms with E-state index in [1.165, 1.54) is 0 Å². The van der Waals surface area contributed by atoms with Gasteiger partial charge in [-0.05, 0) is 23.3 Å². The number of carbonyl (C=O) groups is 1. The number of amides is 1. The fourth-order valence-electron chi connectivity index (χ4n) is 3.24. The molecule has 1 aromatic carbocycles. The molecule has 30 heavy (non-hydrogen) atoms. The quantitative estimate of drug-likeness (QED) is 0.421. The molecule has 1 amide bonds. The van der Waals surface area contributed by atoms with Crippen LogP contribution in [0.3, 0.4) is 0 Å². The number of rotatable bonds is 8. The van der Waals surface area contributed by atoms with Crippen molar-refractivity contribution < 1.29 is 14.3 Å². The van der Waals surface area contributed by atoms with E-state index in [4.69, 9.17) is 15.2 Å². The molecule has 3 heterocycles. The molecule has 4 aromatic rings. The zero-order valence-electron chi connectivity index (χ0n) is 16.8. The maximum atomic E-state index is 11.9. The summed E-state index contributed by atoms with van der Waals surface area (Å²) < 4.78 is 13.2. The molecule has 156 valence electrons. The first-order valence-corrected chi connectivity index (χ1v) is 10.3. The Bertz CT molecular complexity index is 1200. The van der Waals surface area contributed by atoms with E-state index in [2.05, 4.69) is 21.4 Å². The third kappa shape index (κ3) is 4.13. The Morgan fingerprint density at radius 2 is 2.17 bits per heavy atom. The van der Waals surface area contributed by atoms with Crippen LogP contribution in [0, 0.1) is 0 Å². The number of hydrogen-bond donors (Lipinski definition) is 2. The van der Waals surface area contributed by atoms with Gasteiger partial charge in [0.1, 0.15) is 12.1 Å². The summed E-state index contributed by atoms with van der Waals surface area (Å²) in [5, 5.41) is 2.87. The first-order chi connectivity index (χ1) is 14.6. The van der Waals surface area contributed by atoms with Crippen molar-refractivity contribution in [3.05, 3.63) is 42.2 Å². The second-order valence-electron chi connectivity index (χ2n) is 6.90. The number of pyridine rings is 1. The number of imidazole rings is 1. The van der Waals surface area contributed by atoms with E-state index in [0.29, 0.717) is 25.6 Å². The third-order valence-electron chi connectivity index (χ3n) is 4.71. The van der Waals surface area contributed by atoms with Crippen LogP contribution in [0.25, 0.3) is 31.7 Å². The van der Waals surface area contributed by atoms with Crippen molar-refractivity contribution >= 4 is 44.3 Å². The molecule has 0 radical (unpaired) electrons. The molecule has 8 nitrogen and oxygen atoms in total. The largest absolute Gasteiger partial charge is 0.382 e. The smallest absolute Gasteiger partial charge is 0.246 e. The Morgan fingerprint density at radius 1 is 1.30 bits per heavy atom. The average molecular weight is 426 g/mol. The number of nitrogens with two attached hydrogens (primary N) is 1. The molecule has 0 aliphatic heterocycles. The van der Waals surface area contributed by atoms with Gasteiger partial charge in [0, 0.05) is 25.6 Å². The highest BCUT2D eigenvalue weighted by molar-refractivity contribution is 7.23. The van der Waals surface area contributed by atoms with Crippen LogP contribution in [0.2, 0.25) is 0 Å². The summed E-state index contributed by atoms with van der Waals surface area (Å²) in [5.41, 5.74) is 10.7. The molecule has 3 N–H and O–H groups in total. The van der Waals surface area contributed by atoms with Gasteiger partial charge >= 0.3 is 0 Å². The number of ether oxygens (including phenoxy) is 2. The molecule has 0 aliphatic carbocycles. The Hall–Kier alpha value is -3.01. The Kier molecular flexibility index (Phi) is 5.93. The zero-order chi connectivity index (χ0) is 21.1. The summed E-state index contributed by atoms with van der Waals surface area (Å²) in [6.07, 6.45) is 1.75. The highest BCUT2D eigenvalue weighted by Gasteiger charge is 2.15. The lowest BCUT2D eigenvalue weighted by Crippen LogP contribution is -2.27. The lowest BCUT2D eigenvalue weighted by atomic mass is 10.1. The molecular weight excluding hydrogens is 402 g/mol. The number of aromatic nitrogens is 3. The predicted octanol–water partition coefficient (Wildman–Crippen LogP) is 2.71. The summed E-state index contributed by atoms with van der Waals surface area (Å²) in [4.78, 5) is 21.9. The van der Waals surface area contributed by atoms with Gasteiger partial charge in [-0.25, -0.2) is 9.97 Å². The summed E-state index contributed by atoms with van der Waals surface area (Å²) in [6, 6.07) is 10.1. The maximum Gasteiger partial charge on any atom is 0.246 e. The number of thiophene rings is 1. The van der Waals surface area contributed by atoms with Crippen molar-refractivity contribution in [2.24, 2.45) is 7.05 Å². The van der Waals surface area contributed by atoms with E-state index in [0.717, 1.165) is 37.3 Å². The minimum atomic E-state index is -0.156. The van der Waals surface area contributed by atoms with Gasteiger partial charge in [-0.1, -0.05) is 18.2 Å². The van der Waals surface area contributed by atoms with Crippen molar-refractivity contribution in [2.45, 2.75) is 6.54 Å². The van der Waals surface area contributed by atoms with Crippen molar-refractivity contribution in [3.63, 3.8) is 0 Å². The number of nitrogen functional groups attached to an aromatic ring is 1. The molecular formula is C21H23N5O3S. The molecule has 0 unspecified atom stereocenters. The van der Waals surface area contributed by atoms with Gasteiger partial charge in [-0.3, -0.25) is 4.79 Å². The summed E-state index contributed by atoms with van der Waals surface area (Å²) in [6.45, 7) is 1.32. The van der Waals surface area contributed by atoms with Gasteiger partial charge in [-0.15, -0.1) is 11.3 Å². The Labute approximate surface area is 177 Å². The van der Waals surface area contributed by atoms with E-state index < -0.39 is 0 Å². The van der Waals surface area contributed by atoms with E-state index in [1.807, 2.05) is 35.9 Å². The molecule has 0 aliphatic rings. The molecule has 9 heteroatoms. The highest BCUT2D eigenvalue weighted by Crippen LogP contribution is 2.37. The lowest BCUT2D eigenvalue weighted by molar-refractivity contribution is -0.126. The lowest BCUT2D eigenvalue weighted by Gasteiger charge is -2.07. The van der Waals surface area contributed by atoms with Crippen molar-refractivity contribution in [3.8, 4) is 10.4 Å². The fraction of sp³-hybridized carbons (Fsp3) is 0.286. The van der Waals surface area contributed by atoms with Crippen LogP contribution in [0.15, 0.2) is 36.7 Å². The van der Waals surface area contributed by atoms with Crippen LogP contribution in [0.4, 0.5) is 5.82 Å². The fourth-order valence-corrected chi connectivity index (χ4v) is 4.42. The molecule has 0 atom stereocenters. The predicted molar refractivity (Wildman–Crippen MR) is 118 cm³/mol. The number of nitrogens with one attached hydrogen (secondary N) is 1. The van der Waals surface area contributed by atoms with Crippen LogP contribution < -0.4 is 11.1 Å². The molecule has 0 bridgehead atoms. The molecule has 0 saturated heterocycles. The van der Waals surface area contributed by atoms with Gasteiger partial charge in [0.05, 0.1) is 35.3 Å². The monoisotopic (exact) mass is 425 g/mol. The number of carbonyl (C=O) groups excluding carboxylic acids is 1. The maximum absolute atomic E-state index is 11.9. The normalized spacial score (nSPS) is 11.4. The second-order valence-corrected chi connectivity index (χ2v) is 7.95. The van der Waals surface area contributed by atoms with E-state index in [-0.39, 0.29) is 12.5 Å². The SMILES string of the molecule is COCCOCC(=O)NCc1cccc(-c2cc3nc(N)c4ncn(C)c4c3s2)c1. The van der Waals surface area contributed by atoms with Crippen LogP contribution in [-0.4, -0.2) is 47.4 Å². The summed E-state index contributed by atoms with van der Waals surface area (Å²) >= 11 is 1.66. The van der Waals surface area contributed by atoms with Crippen molar-refractivity contribution in [1.82, 2.24) is 19.9 Å². The van der Waals surface area contributed by atoms with Crippen LogP contribution >= 0.6 is 11.3 Å². The number of benzene rings is 1. The number of nitrogens with zero attached hydrogens (tertiary/aromatic N) is 3. The molecule has 0 saturated carbocycles. The number of fused-ring (bicyclic) bond motifs is 3. The van der Waals surface area contributed by atoms with Gasteiger partial charge in [-0.2, -0.15) is 0 Å². The minimum absolute atomic E-state index is 0.0210. The number of methoxy groups -OCH3 is 1. The van der Waals surface area contributed by atoms with Gasteiger partial charge in [0.25, 0.3) is 0 Å². The zero-order valence-corrected chi connectivity index (χ0v) is 17.7. The van der Waals surface area contributed by atoms with Crippen molar-refractivity contribution in [1.29, 1.82) is 0 Å². The molecule has 0 spiro atoms. The Balaban J connectivity index is 1.52. The van der Waals surface area contributed by atoms with Crippen LogP contribution in [0.5, 0.6) is 0 Å². The highest BCUT2D eigenvalue weighted by atomic mass is 32.1. The molecule has 0 fully saturated rings. The van der Waals surface area contributed by atoms with Crippen LogP contribution in [-0.2, 0) is 27.9 Å². The average Bonchev–Trinajstić information content (AvgIpc) is 3.34. The summed E-state index contributed by atoms with van der Waals surface area (Å²) in [5.74, 6) is 0.281. The Morgan fingerprint density at radius 3 is 3.00 bits per heavy atom. The first-order valence-electron chi connectivity index (χ1n) is 9.49. The third-order valence-corrected chi connectivity index (χ3v) is 5.89. The van der Waals surface area contributed by atoms with E-state index >= 15 is 0 Å². The van der Waals surface area contributed by atoms with E-state index in [9.17, 15) is 4.79 Å². The number of anilines is 1. The van der Waals surface area contributed by atoms with Gasteiger partial charge in [0.15, 0.2) is 5.82 Å². The number of aryl methyl sites for hydroxylation is 1. The minimum Gasteiger partial charge on any atom is -0.382 e.